The molecule has 5 heteroatoms. The van der Waals surface area contributed by atoms with Crippen molar-refractivity contribution < 1.29 is 19.4 Å². The molecule has 8 atom stereocenters. The predicted molar refractivity (Wildman–Crippen MR) is 119 cm³/mol. The lowest BCUT2D eigenvalue weighted by molar-refractivity contribution is -0.143. The molecule has 2 aliphatic heterocycles. The zero-order valence-corrected chi connectivity index (χ0v) is 18.8. The summed E-state index contributed by atoms with van der Waals surface area (Å²) in [5, 5.41) is 10.8. The van der Waals surface area contributed by atoms with E-state index < -0.39 is 6.10 Å². The average Bonchev–Trinajstić information content (AvgIpc) is 3.17. The molecule has 3 fully saturated rings. The van der Waals surface area contributed by atoms with E-state index in [-0.39, 0.29) is 23.4 Å². The molecular formula is C27H33NO4. The number of nitrogens with zero attached hydrogens (tertiary/aromatic N) is 1. The Morgan fingerprint density at radius 2 is 1.97 bits per heavy atom. The maximum absolute atomic E-state index is 13.4. The molecule has 7 rings (SSSR count). The zero-order chi connectivity index (χ0) is 21.6. The maximum Gasteiger partial charge on any atom is 0.314 e. The monoisotopic (exact) mass is 435 g/mol. The number of esters is 1. The van der Waals surface area contributed by atoms with Crippen molar-refractivity contribution in [1.29, 1.82) is 0 Å². The first-order valence-corrected chi connectivity index (χ1v) is 12.6. The summed E-state index contributed by atoms with van der Waals surface area (Å²) < 4.78 is 12.6. The van der Waals surface area contributed by atoms with Gasteiger partial charge in [0.25, 0.3) is 0 Å². The lowest BCUT2D eigenvalue weighted by atomic mass is 9.66. The summed E-state index contributed by atoms with van der Waals surface area (Å²) in [6, 6.07) is 4.05. The first kappa shape index (κ1) is 19.6. The summed E-state index contributed by atoms with van der Waals surface area (Å²) in [6.45, 7) is 1.81. The molecule has 0 amide bonds. The molecule has 1 aromatic rings. The van der Waals surface area contributed by atoms with Gasteiger partial charge < -0.3 is 19.5 Å². The van der Waals surface area contributed by atoms with Crippen molar-refractivity contribution in [3.63, 3.8) is 0 Å². The molecule has 0 radical (unpaired) electrons. The molecule has 0 saturated heterocycles. The number of aliphatic hydroxyl groups is 1. The van der Waals surface area contributed by atoms with Crippen LogP contribution >= 0.6 is 0 Å². The largest absolute Gasteiger partial charge is 0.482 e. The highest BCUT2D eigenvalue weighted by atomic mass is 16.6. The molecule has 1 N–H and O–H groups in total. The highest BCUT2D eigenvalue weighted by Gasteiger charge is 2.56. The van der Waals surface area contributed by atoms with Crippen molar-refractivity contribution in [3.8, 4) is 11.5 Å². The number of rotatable bonds is 2. The van der Waals surface area contributed by atoms with E-state index in [1.165, 1.54) is 36.8 Å². The normalized spacial score (nSPS) is 43.4. The fraction of sp³-hybridized carbons (Fsp3) is 0.667. The van der Waals surface area contributed by atoms with E-state index in [0.717, 1.165) is 50.1 Å². The summed E-state index contributed by atoms with van der Waals surface area (Å²) in [5.74, 6) is 4.14. The third-order valence-corrected chi connectivity index (χ3v) is 9.82. The number of carbonyl (C=O) groups is 1. The van der Waals surface area contributed by atoms with Gasteiger partial charge in [0.15, 0.2) is 11.5 Å². The fourth-order valence-corrected chi connectivity index (χ4v) is 8.46. The van der Waals surface area contributed by atoms with Crippen LogP contribution in [0.3, 0.4) is 0 Å². The van der Waals surface area contributed by atoms with Crippen LogP contribution in [0.5, 0.6) is 11.5 Å². The highest BCUT2D eigenvalue weighted by Crippen LogP contribution is 2.59. The van der Waals surface area contributed by atoms with Crippen LogP contribution in [-0.2, 0) is 16.8 Å². The molecule has 3 saturated carbocycles. The molecule has 4 aliphatic carbocycles. The van der Waals surface area contributed by atoms with Gasteiger partial charge in [0.2, 0.25) is 0 Å². The first-order chi connectivity index (χ1) is 15.5. The van der Waals surface area contributed by atoms with Gasteiger partial charge in [-0.3, -0.25) is 4.79 Å². The minimum absolute atomic E-state index is 0.0311. The number of fused-ring (bicyclic) bond motifs is 2. The Balaban J connectivity index is 1.23. The van der Waals surface area contributed by atoms with E-state index in [9.17, 15) is 9.90 Å². The molecule has 1 spiro atoms. The molecule has 1 aromatic carbocycles. The molecule has 3 bridgehead atoms. The van der Waals surface area contributed by atoms with Crippen LogP contribution in [0.4, 0.5) is 0 Å². The topological polar surface area (TPSA) is 59.0 Å². The Bertz CT molecular complexity index is 1000. The minimum atomic E-state index is -0.639. The maximum atomic E-state index is 13.4. The van der Waals surface area contributed by atoms with Gasteiger partial charge in [0.05, 0.1) is 5.92 Å². The van der Waals surface area contributed by atoms with Crippen LogP contribution in [0, 0.1) is 29.6 Å². The van der Waals surface area contributed by atoms with Gasteiger partial charge in [-0.1, -0.05) is 18.2 Å². The van der Waals surface area contributed by atoms with Gasteiger partial charge in [-0.15, -0.1) is 0 Å². The highest BCUT2D eigenvalue weighted by molar-refractivity contribution is 5.77. The van der Waals surface area contributed by atoms with Crippen molar-refractivity contribution in [2.24, 2.45) is 29.6 Å². The number of ether oxygens (including phenoxy) is 2. The lowest BCUT2D eigenvalue weighted by Gasteiger charge is -2.38. The van der Waals surface area contributed by atoms with Crippen molar-refractivity contribution in [2.45, 2.75) is 69.1 Å². The third-order valence-electron chi connectivity index (χ3n) is 9.82. The second kappa shape index (κ2) is 6.83. The van der Waals surface area contributed by atoms with Crippen molar-refractivity contribution in [3.05, 3.63) is 35.4 Å². The summed E-state index contributed by atoms with van der Waals surface area (Å²) in [4.78, 5) is 15.8. The summed E-state index contributed by atoms with van der Waals surface area (Å²) >= 11 is 0. The molecule has 6 aliphatic rings. The Morgan fingerprint density at radius 1 is 1.16 bits per heavy atom. The van der Waals surface area contributed by atoms with E-state index in [1.807, 2.05) is 12.1 Å². The molecule has 2 heterocycles. The van der Waals surface area contributed by atoms with Crippen LogP contribution in [0.1, 0.15) is 56.1 Å². The van der Waals surface area contributed by atoms with Crippen molar-refractivity contribution >= 4 is 5.97 Å². The van der Waals surface area contributed by atoms with Crippen LogP contribution in [0.15, 0.2) is 24.3 Å². The van der Waals surface area contributed by atoms with Crippen molar-refractivity contribution in [2.75, 3.05) is 13.6 Å². The molecule has 0 aromatic heterocycles. The Kier molecular flexibility index (Phi) is 4.18. The Morgan fingerprint density at radius 3 is 2.84 bits per heavy atom. The molecule has 5 unspecified atom stereocenters. The van der Waals surface area contributed by atoms with Crippen LogP contribution in [0.25, 0.3) is 0 Å². The Hall–Kier alpha value is -1.85. The molecule has 32 heavy (non-hydrogen) atoms. The van der Waals surface area contributed by atoms with E-state index >= 15 is 0 Å². The smallest absolute Gasteiger partial charge is 0.314 e. The zero-order valence-electron chi connectivity index (χ0n) is 18.8. The van der Waals surface area contributed by atoms with Crippen LogP contribution in [0.2, 0.25) is 0 Å². The van der Waals surface area contributed by atoms with Crippen LogP contribution < -0.4 is 9.47 Å². The quantitative estimate of drug-likeness (QED) is 0.435. The Labute approximate surface area is 189 Å². The van der Waals surface area contributed by atoms with Gasteiger partial charge in [-0.05, 0) is 93.8 Å². The standard InChI is InChI=1S/C27H33NO4/c1-28-8-7-27-6-2-3-21(29)25(27)32-24-22(5-4-16(14-28)23(24)27)31-26(30)20-13-18-10-15-9-17(18)12-19(20)11-15/h2-5,15,17-21,25,29H,6-14H2,1H3/t15?,17?,18?,19?,20?,21-,25-,27+/m0/s1. The van der Waals surface area contributed by atoms with E-state index in [2.05, 4.69) is 24.1 Å². The third kappa shape index (κ3) is 2.67. The average molecular weight is 436 g/mol. The van der Waals surface area contributed by atoms with E-state index in [4.69, 9.17) is 9.47 Å². The predicted octanol–water partition coefficient (Wildman–Crippen LogP) is 3.82. The number of aliphatic hydroxyl groups excluding tert-OH is 1. The van der Waals surface area contributed by atoms with Gasteiger partial charge in [-0.25, -0.2) is 0 Å². The number of benzene rings is 1. The minimum Gasteiger partial charge on any atom is -0.482 e. The molecular weight excluding hydrogens is 402 g/mol. The van der Waals surface area contributed by atoms with Crippen molar-refractivity contribution in [1.82, 2.24) is 4.90 Å². The van der Waals surface area contributed by atoms with Gasteiger partial charge in [-0.2, -0.15) is 0 Å². The first-order valence-electron chi connectivity index (χ1n) is 12.6. The number of allylic oxidation sites excluding steroid dienone is 1. The SMILES string of the molecule is CN1CC[C@@]23CC=C[C@H](O)[C@@H]2Oc2c(OC(=O)C4CC5CC6CC5CC4C6)ccc(c23)C1. The van der Waals surface area contributed by atoms with Gasteiger partial charge >= 0.3 is 5.97 Å². The van der Waals surface area contributed by atoms with Gasteiger partial charge in [0, 0.05) is 17.5 Å². The summed E-state index contributed by atoms with van der Waals surface area (Å²) in [7, 11) is 2.15. The number of carbonyl (C=O) groups excluding carboxylic acids is 1. The second-order valence-corrected chi connectivity index (χ2v) is 11.6. The van der Waals surface area contributed by atoms with Gasteiger partial charge in [0.1, 0.15) is 12.2 Å². The second-order valence-electron chi connectivity index (χ2n) is 11.6. The summed E-state index contributed by atoms with van der Waals surface area (Å²) in [6.07, 6.45) is 10.9. The summed E-state index contributed by atoms with van der Waals surface area (Å²) in [5.41, 5.74) is 2.16. The number of hydrogen-bond acceptors (Lipinski definition) is 5. The van der Waals surface area contributed by atoms with E-state index in [0.29, 0.717) is 17.4 Å². The van der Waals surface area contributed by atoms with Crippen LogP contribution in [-0.4, -0.2) is 41.8 Å². The fourth-order valence-electron chi connectivity index (χ4n) is 8.46. The van der Waals surface area contributed by atoms with E-state index in [1.54, 1.807) is 0 Å². The molecule has 5 nitrogen and oxygen atoms in total. The number of hydrogen-bond donors (Lipinski definition) is 1. The molecule has 170 valence electrons. The lowest BCUT2D eigenvalue weighted by Crippen LogP contribution is -2.48.